The van der Waals surface area contributed by atoms with Crippen LogP contribution in [0, 0.1) is 11.3 Å². The predicted octanol–water partition coefficient (Wildman–Crippen LogP) is 2.31. The molecule has 1 aromatic carbocycles. The smallest absolute Gasteiger partial charge is 0.226 e. The van der Waals surface area contributed by atoms with Gasteiger partial charge in [0.1, 0.15) is 0 Å². The number of hydrogen-bond donors (Lipinski definition) is 1. The van der Waals surface area contributed by atoms with Crippen molar-refractivity contribution < 1.29 is 9.53 Å². The van der Waals surface area contributed by atoms with Gasteiger partial charge in [-0.25, -0.2) is 0 Å². The van der Waals surface area contributed by atoms with Gasteiger partial charge in [0.2, 0.25) is 5.91 Å². The molecule has 2 saturated heterocycles. The molecule has 1 spiro atoms. The van der Waals surface area contributed by atoms with Crippen molar-refractivity contribution in [1.82, 2.24) is 10.2 Å². The lowest BCUT2D eigenvalue weighted by Gasteiger charge is -2.41. The lowest BCUT2D eigenvalue weighted by atomic mass is 9.71. The Labute approximate surface area is 136 Å². The number of nitrogens with zero attached hydrogens (tertiary/aromatic N) is 1. The lowest BCUT2D eigenvalue weighted by Crippen LogP contribution is -2.45. The minimum Gasteiger partial charge on any atom is -0.384 e. The molecule has 22 heavy (non-hydrogen) atoms. The summed E-state index contributed by atoms with van der Waals surface area (Å²) in [4.78, 5) is 14.5. The highest BCUT2D eigenvalue weighted by atomic mass is 35.5. The fourth-order valence-corrected chi connectivity index (χ4v) is 3.99. The number of piperidine rings is 1. The summed E-state index contributed by atoms with van der Waals surface area (Å²) in [6.07, 6.45) is 2.08. The molecule has 0 radical (unpaired) electrons. The summed E-state index contributed by atoms with van der Waals surface area (Å²) in [7, 11) is 1.67. The van der Waals surface area contributed by atoms with E-state index in [-0.39, 0.29) is 17.2 Å². The summed E-state index contributed by atoms with van der Waals surface area (Å²) in [5.74, 6) is 0.163. The fraction of sp³-hybridized carbons (Fsp3) is 0.588. The molecule has 5 heteroatoms. The topological polar surface area (TPSA) is 41.6 Å². The van der Waals surface area contributed by atoms with Crippen LogP contribution in [0.2, 0.25) is 5.02 Å². The number of nitrogens with one attached hydrogen (secondary N) is 1. The fourth-order valence-electron chi connectivity index (χ4n) is 3.78. The lowest BCUT2D eigenvalue weighted by molar-refractivity contribution is -0.126. The summed E-state index contributed by atoms with van der Waals surface area (Å²) in [6.45, 7) is 4.28. The number of carbonyl (C=O) groups is 1. The third kappa shape index (κ3) is 3.14. The second-order valence-corrected chi connectivity index (χ2v) is 6.93. The van der Waals surface area contributed by atoms with Gasteiger partial charge in [-0.2, -0.15) is 0 Å². The molecule has 0 bridgehead atoms. The maximum absolute atomic E-state index is 12.0. The SMILES string of the molecule is COCC1C(=O)NCC12CCN(Cc1cccc(Cl)c1)CC2. The first-order chi connectivity index (χ1) is 10.6. The molecule has 1 unspecified atom stereocenters. The van der Waals surface area contributed by atoms with E-state index < -0.39 is 0 Å². The minimum absolute atomic E-state index is 0.00539. The van der Waals surface area contributed by atoms with Gasteiger partial charge >= 0.3 is 0 Å². The number of likely N-dealkylation sites (tertiary alicyclic amines) is 1. The molecule has 2 aliphatic heterocycles. The Morgan fingerprint density at radius 1 is 1.41 bits per heavy atom. The van der Waals surface area contributed by atoms with Crippen LogP contribution in [0.3, 0.4) is 0 Å². The number of hydrogen-bond acceptors (Lipinski definition) is 3. The number of benzene rings is 1. The Hall–Kier alpha value is -1.10. The van der Waals surface area contributed by atoms with Crippen LogP contribution >= 0.6 is 11.6 Å². The third-order valence-electron chi connectivity index (χ3n) is 5.15. The summed E-state index contributed by atoms with van der Waals surface area (Å²) < 4.78 is 5.27. The highest BCUT2D eigenvalue weighted by Gasteiger charge is 2.49. The zero-order valence-electron chi connectivity index (χ0n) is 13.0. The molecule has 2 heterocycles. The van der Waals surface area contributed by atoms with Crippen molar-refractivity contribution >= 4 is 17.5 Å². The zero-order chi connectivity index (χ0) is 15.6. The molecule has 0 saturated carbocycles. The van der Waals surface area contributed by atoms with E-state index in [0.717, 1.165) is 44.0 Å². The van der Waals surface area contributed by atoms with Crippen molar-refractivity contribution in [2.45, 2.75) is 19.4 Å². The van der Waals surface area contributed by atoms with Gasteiger partial charge in [0.05, 0.1) is 12.5 Å². The van der Waals surface area contributed by atoms with Crippen LogP contribution in [0.15, 0.2) is 24.3 Å². The normalized spacial score (nSPS) is 24.6. The molecule has 1 aromatic rings. The number of rotatable bonds is 4. The number of ether oxygens (including phenoxy) is 1. The van der Waals surface area contributed by atoms with Crippen molar-refractivity contribution in [3.63, 3.8) is 0 Å². The zero-order valence-corrected chi connectivity index (χ0v) is 13.7. The van der Waals surface area contributed by atoms with Crippen LogP contribution < -0.4 is 5.32 Å². The number of carbonyl (C=O) groups excluding carboxylic acids is 1. The monoisotopic (exact) mass is 322 g/mol. The van der Waals surface area contributed by atoms with Crippen molar-refractivity contribution in [2.75, 3.05) is 33.4 Å². The molecule has 3 rings (SSSR count). The quantitative estimate of drug-likeness (QED) is 0.925. The molecular weight excluding hydrogens is 300 g/mol. The van der Waals surface area contributed by atoms with Crippen molar-refractivity contribution in [2.24, 2.45) is 11.3 Å². The van der Waals surface area contributed by atoms with E-state index in [1.807, 2.05) is 18.2 Å². The van der Waals surface area contributed by atoms with Crippen molar-refractivity contribution in [1.29, 1.82) is 0 Å². The van der Waals surface area contributed by atoms with E-state index in [2.05, 4.69) is 16.3 Å². The van der Waals surface area contributed by atoms with E-state index in [9.17, 15) is 4.79 Å². The highest BCUT2D eigenvalue weighted by Crippen LogP contribution is 2.42. The van der Waals surface area contributed by atoms with Gasteiger partial charge in [-0.05, 0) is 43.6 Å². The largest absolute Gasteiger partial charge is 0.384 e. The molecule has 0 aliphatic carbocycles. The van der Waals surface area contributed by atoms with Gasteiger partial charge in [0, 0.05) is 30.6 Å². The predicted molar refractivity (Wildman–Crippen MR) is 86.8 cm³/mol. The van der Waals surface area contributed by atoms with Gasteiger partial charge in [-0.15, -0.1) is 0 Å². The van der Waals surface area contributed by atoms with E-state index in [0.29, 0.717) is 6.61 Å². The molecule has 2 fully saturated rings. The molecular formula is C17H23ClN2O2. The van der Waals surface area contributed by atoms with Gasteiger partial charge < -0.3 is 10.1 Å². The van der Waals surface area contributed by atoms with Crippen LogP contribution in [0.1, 0.15) is 18.4 Å². The maximum Gasteiger partial charge on any atom is 0.226 e. The Morgan fingerprint density at radius 3 is 2.86 bits per heavy atom. The molecule has 1 atom stereocenters. The number of halogens is 1. The first-order valence-electron chi connectivity index (χ1n) is 7.86. The van der Waals surface area contributed by atoms with E-state index in [4.69, 9.17) is 16.3 Å². The van der Waals surface area contributed by atoms with E-state index in [1.54, 1.807) is 7.11 Å². The third-order valence-corrected chi connectivity index (χ3v) is 5.39. The van der Waals surface area contributed by atoms with Crippen molar-refractivity contribution in [3.8, 4) is 0 Å². The second-order valence-electron chi connectivity index (χ2n) is 6.49. The first kappa shape index (κ1) is 15.8. The molecule has 4 nitrogen and oxygen atoms in total. The van der Waals surface area contributed by atoms with Crippen LogP contribution in [-0.2, 0) is 16.1 Å². The summed E-state index contributed by atoms with van der Waals surface area (Å²) in [6, 6.07) is 8.05. The Balaban J connectivity index is 1.61. The molecule has 2 aliphatic rings. The summed E-state index contributed by atoms with van der Waals surface area (Å²) in [5.41, 5.74) is 1.33. The second kappa shape index (κ2) is 6.57. The molecule has 1 N–H and O–H groups in total. The number of amides is 1. The standard InChI is InChI=1S/C17H23ClN2O2/c1-22-11-15-16(21)19-12-17(15)5-7-20(8-6-17)10-13-3-2-4-14(18)9-13/h2-4,9,15H,5-8,10-12H2,1H3,(H,19,21). The number of methoxy groups -OCH3 is 1. The minimum atomic E-state index is 0.00539. The van der Waals surface area contributed by atoms with Crippen LogP contribution in [0.25, 0.3) is 0 Å². The van der Waals surface area contributed by atoms with Gasteiger partial charge in [-0.1, -0.05) is 23.7 Å². The Kier molecular flexibility index (Phi) is 4.71. The van der Waals surface area contributed by atoms with E-state index >= 15 is 0 Å². The maximum atomic E-state index is 12.0. The van der Waals surface area contributed by atoms with Crippen LogP contribution in [0.4, 0.5) is 0 Å². The molecule has 1 amide bonds. The van der Waals surface area contributed by atoms with Crippen LogP contribution in [-0.4, -0.2) is 44.2 Å². The van der Waals surface area contributed by atoms with Gasteiger partial charge in [0.15, 0.2) is 0 Å². The summed E-state index contributed by atoms with van der Waals surface area (Å²) in [5, 5.41) is 3.82. The van der Waals surface area contributed by atoms with E-state index in [1.165, 1.54) is 5.56 Å². The summed E-state index contributed by atoms with van der Waals surface area (Å²) >= 11 is 6.05. The average molecular weight is 323 g/mol. The first-order valence-corrected chi connectivity index (χ1v) is 8.24. The highest BCUT2D eigenvalue weighted by molar-refractivity contribution is 6.30. The average Bonchev–Trinajstić information content (AvgIpc) is 2.80. The van der Waals surface area contributed by atoms with Crippen molar-refractivity contribution in [3.05, 3.63) is 34.9 Å². The molecule has 120 valence electrons. The Bertz CT molecular complexity index is 541. The molecule has 0 aromatic heterocycles. The Morgan fingerprint density at radius 2 is 2.18 bits per heavy atom. The van der Waals surface area contributed by atoms with Crippen LogP contribution in [0.5, 0.6) is 0 Å². The van der Waals surface area contributed by atoms with Gasteiger partial charge in [-0.3, -0.25) is 9.69 Å². The van der Waals surface area contributed by atoms with Gasteiger partial charge in [0.25, 0.3) is 0 Å².